The fourth-order valence-electron chi connectivity index (χ4n) is 2.74. The topological polar surface area (TPSA) is 49.4 Å². The molecule has 0 aliphatic carbocycles. The van der Waals surface area contributed by atoms with Crippen molar-refractivity contribution in [1.29, 1.82) is 0 Å². The summed E-state index contributed by atoms with van der Waals surface area (Å²) in [6.07, 6.45) is 0. The van der Waals surface area contributed by atoms with Gasteiger partial charge in [0.2, 0.25) is 11.8 Å². The quantitative estimate of drug-likeness (QED) is 0.485. The molecule has 2 amide bonds. The van der Waals surface area contributed by atoms with Gasteiger partial charge >= 0.3 is 0 Å². The van der Waals surface area contributed by atoms with Crippen molar-refractivity contribution in [2.24, 2.45) is 0 Å². The molecule has 0 spiro atoms. The van der Waals surface area contributed by atoms with Gasteiger partial charge < -0.3 is 10.2 Å². The Morgan fingerprint density at radius 2 is 1.60 bits per heavy atom. The Bertz CT molecular complexity index is 875. The summed E-state index contributed by atoms with van der Waals surface area (Å²) in [4.78, 5) is 27.2. The van der Waals surface area contributed by atoms with Crippen molar-refractivity contribution in [1.82, 2.24) is 10.2 Å². The van der Waals surface area contributed by atoms with Gasteiger partial charge in [0.1, 0.15) is 6.04 Å². The molecule has 8 heteroatoms. The summed E-state index contributed by atoms with van der Waals surface area (Å²) in [5.74, 6) is 0.570. The minimum Gasteiger partial charge on any atom is -0.352 e. The molecule has 2 rings (SSSR count). The van der Waals surface area contributed by atoms with Gasteiger partial charge in [-0.15, -0.1) is 11.8 Å². The lowest BCUT2D eigenvalue weighted by Crippen LogP contribution is -2.49. The molecule has 1 atom stereocenters. The van der Waals surface area contributed by atoms with Crippen LogP contribution in [-0.2, 0) is 21.9 Å². The summed E-state index contributed by atoms with van der Waals surface area (Å²) in [6, 6.07) is 12.1. The zero-order valence-electron chi connectivity index (χ0n) is 17.1. The third kappa shape index (κ3) is 7.69. The van der Waals surface area contributed by atoms with E-state index in [1.54, 1.807) is 36.1 Å². The highest BCUT2D eigenvalue weighted by molar-refractivity contribution is 7.99. The first kappa shape index (κ1) is 24.9. The maximum atomic E-state index is 13.0. The van der Waals surface area contributed by atoms with Crippen molar-refractivity contribution in [3.63, 3.8) is 0 Å². The number of amides is 2. The van der Waals surface area contributed by atoms with Gasteiger partial charge in [0.05, 0.1) is 15.8 Å². The van der Waals surface area contributed by atoms with Crippen LogP contribution in [0.1, 0.15) is 31.9 Å². The molecule has 0 heterocycles. The van der Waals surface area contributed by atoms with Gasteiger partial charge in [-0.2, -0.15) is 0 Å². The second-order valence-corrected chi connectivity index (χ2v) is 9.47. The third-order valence-corrected chi connectivity index (χ3v) is 6.32. The van der Waals surface area contributed by atoms with Crippen LogP contribution < -0.4 is 5.32 Å². The van der Waals surface area contributed by atoms with Crippen LogP contribution >= 0.6 is 46.6 Å². The van der Waals surface area contributed by atoms with Gasteiger partial charge in [0.25, 0.3) is 0 Å². The number of nitrogens with one attached hydrogen (secondary N) is 1. The number of carbonyl (C=O) groups is 2. The summed E-state index contributed by atoms with van der Waals surface area (Å²) < 4.78 is 0. The van der Waals surface area contributed by atoms with Crippen LogP contribution in [0.2, 0.25) is 15.1 Å². The lowest BCUT2D eigenvalue weighted by molar-refractivity contribution is -0.138. The predicted octanol–water partition coefficient (Wildman–Crippen LogP) is 5.82. The van der Waals surface area contributed by atoms with Crippen LogP contribution in [0.4, 0.5) is 0 Å². The number of hydrogen-bond acceptors (Lipinski definition) is 3. The Kier molecular flexibility index (Phi) is 9.82. The standard InChI is InChI=1S/C22H25Cl3N2O2S/c1-14(2)26-22(29)15(3)27(11-16-4-7-18(23)8-5-16)21(28)13-30-12-17-6-9-19(24)20(25)10-17/h4-10,14-15H,11-13H2,1-3H3,(H,26,29)/t15-/m0/s1. The number of nitrogens with zero attached hydrogens (tertiary/aromatic N) is 1. The van der Waals surface area contributed by atoms with Crippen molar-refractivity contribution >= 4 is 58.4 Å². The van der Waals surface area contributed by atoms with E-state index in [0.29, 0.717) is 27.4 Å². The Hall–Kier alpha value is -1.40. The Morgan fingerprint density at radius 1 is 0.967 bits per heavy atom. The molecule has 30 heavy (non-hydrogen) atoms. The van der Waals surface area contributed by atoms with E-state index >= 15 is 0 Å². The molecule has 2 aromatic carbocycles. The van der Waals surface area contributed by atoms with Gasteiger partial charge in [0.15, 0.2) is 0 Å². The third-order valence-electron chi connectivity index (χ3n) is 4.34. The van der Waals surface area contributed by atoms with Crippen LogP contribution in [0.15, 0.2) is 42.5 Å². The smallest absolute Gasteiger partial charge is 0.242 e. The van der Waals surface area contributed by atoms with Gasteiger partial charge in [-0.25, -0.2) is 0 Å². The first-order valence-corrected chi connectivity index (χ1v) is 11.8. The SMILES string of the molecule is CC(C)NC(=O)[C@H](C)N(Cc1ccc(Cl)cc1)C(=O)CSCc1ccc(Cl)c(Cl)c1. The summed E-state index contributed by atoms with van der Waals surface area (Å²) >= 11 is 19.4. The largest absolute Gasteiger partial charge is 0.352 e. The number of rotatable bonds is 9. The van der Waals surface area contributed by atoms with Gasteiger partial charge in [-0.3, -0.25) is 9.59 Å². The molecule has 0 unspecified atom stereocenters. The molecule has 0 aliphatic heterocycles. The molecule has 0 fully saturated rings. The van der Waals surface area contributed by atoms with Crippen molar-refractivity contribution in [2.75, 3.05) is 5.75 Å². The maximum Gasteiger partial charge on any atom is 0.242 e. The maximum absolute atomic E-state index is 13.0. The zero-order chi connectivity index (χ0) is 22.3. The fraction of sp³-hybridized carbons (Fsp3) is 0.364. The molecular weight excluding hydrogens is 463 g/mol. The molecule has 0 radical (unpaired) electrons. The summed E-state index contributed by atoms with van der Waals surface area (Å²) in [6.45, 7) is 5.86. The molecule has 4 nitrogen and oxygen atoms in total. The summed E-state index contributed by atoms with van der Waals surface area (Å²) in [5.41, 5.74) is 1.89. The van der Waals surface area contributed by atoms with E-state index in [1.807, 2.05) is 32.0 Å². The second kappa shape index (κ2) is 11.8. The average molecular weight is 488 g/mol. The second-order valence-electron chi connectivity index (χ2n) is 7.23. The number of hydrogen-bond donors (Lipinski definition) is 1. The lowest BCUT2D eigenvalue weighted by Gasteiger charge is -2.29. The number of benzene rings is 2. The van der Waals surface area contributed by atoms with Crippen molar-refractivity contribution in [3.05, 3.63) is 68.7 Å². The highest BCUT2D eigenvalue weighted by Crippen LogP contribution is 2.25. The monoisotopic (exact) mass is 486 g/mol. The van der Waals surface area contributed by atoms with E-state index in [9.17, 15) is 9.59 Å². The van der Waals surface area contributed by atoms with Crippen molar-refractivity contribution in [3.8, 4) is 0 Å². The minimum absolute atomic E-state index is 0.00328. The van der Waals surface area contributed by atoms with Gasteiger partial charge in [0, 0.05) is 23.4 Å². The molecule has 2 aromatic rings. The molecule has 0 saturated heterocycles. The molecule has 0 aromatic heterocycles. The van der Waals surface area contributed by atoms with Crippen LogP contribution in [0.3, 0.4) is 0 Å². The molecule has 1 N–H and O–H groups in total. The van der Waals surface area contributed by atoms with E-state index in [4.69, 9.17) is 34.8 Å². The number of halogens is 3. The molecule has 0 saturated carbocycles. The van der Waals surface area contributed by atoms with Crippen LogP contribution in [0.25, 0.3) is 0 Å². The fourth-order valence-corrected chi connectivity index (χ4v) is 4.05. The van der Waals surface area contributed by atoms with E-state index in [1.165, 1.54) is 11.8 Å². The molecular formula is C22H25Cl3N2O2S. The average Bonchev–Trinajstić information content (AvgIpc) is 2.69. The Labute approximate surface area is 197 Å². The number of carbonyl (C=O) groups excluding carboxylic acids is 2. The Morgan fingerprint density at radius 3 is 2.20 bits per heavy atom. The normalized spacial score (nSPS) is 12.0. The number of thioether (sulfide) groups is 1. The van der Waals surface area contributed by atoms with Crippen LogP contribution in [0, 0.1) is 0 Å². The van der Waals surface area contributed by atoms with E-state index in [2.05, 4.69) is 5.32 Å². The van der Waals surface area contributed by atoms with Crippen molar-refractivity contribution in [2.45, 2.75) is 45.2 Å². The van der Waals surface area contributed by atoms with Gasteiger partial charge in [-0.05, 0) is 56.2 Å². The van der Waals surface area contributed by atoms with E-state index in [0.717, 1.165) is 11.1 Å². The zero-order valence-corrected chi connectivity index (χ0v) is 20.2. The van der Waals surface area contributed by atoms with Gasteiger partial charge in [-0.1, -0.05) is 53.0 Å². The van der Waals surface area contributed by atoms with Crippen molar-refractivity contribution < 1.29 is 9.59 Å². The van der Waals surface area contributed by atoms with Crippen LogP contribution in [0.5, 0.6) is 0 Å². The Balaban J connectivity index is 2.07. The lowest BCUT2D eigenvalue weighted by atomic mass is 10.1. The summed E-state index contributed by atoms with van der Waals surface area (Å²) in [5, 5.41) is 4.49. The van der Waals surface area contributed by atoms with E-state index in [-0.39, 0.29) is 23.6 Å². The van der Waals surface area contributed by atoms with E-state index < -0.39 is 6.04 Å². The highest BCUT2D eigenvalue weighted by atomic mass is 35.5. The van der Waals surface area contributed by atoms with Crippen LogP contribution in [-0.4, -0.2) is 34.6 Å². The first-order chi connectivity index (χ1) is 14.2. The first-order valence-electron chi connectivity index (χ1n) is 9.53. The molecule has 162 valence electrons. The highest BCUT2D eigenvalue weighted by Gasteiger charge is 2.26. The predicted molar refractivity (Wildman–Crippen MR) is 127 cm³/mol. The molecule has 0 aliphatic rings. The minimum atomic E-state index is -0.596. The summed E-state index contributed by atoms with van der Waals surface area (Å²) in [7, 11) is 0. The molecule has 0 bridgehead atoms.